The summed E-state index contributed by atoms with van der Waals surface area (Å²) in [7, 11) is 0. The van der Waals surface area contributed by atoms with Crippen LogP contribution in [0.1, 0.15) is 44.5 Å². The minimum atomic E-state index is -4.38. The molecule has 1 N–H and O–H groups in total. The number of carbonyl (C=O) groups is 1. The molecule has 2 atom stereocenters. The number of halogens is 3. The highest BCUT2D eigenvalue weighted by molar-refractivity contribution is 5.68. The number of hydrogen-bond acceptors (Lipinski definition) is 3. The summed E-state index contributed by atoms with van der Waals surface area (Å²) in [5, 5.41) is 2.77. The lowest BCUT2D eigenvalue weighted by Crippen LogP contribution is -2.38. The van der Waals surface area contributed by atoms with E-state index in [1.807, 2.05) is 13.0 Å². The molecule has 0 saturated heterocycles. The predicted octanol–water partition coefficient (Wildman–Crippen LogP) is 5.02. The van der Waals surface area contributed by atoms with Crippen molar-refractivity contribution in [1.82, 2.24) is 10.3 Å². The number of pyridine rings is 1. The zero-order chi connectivity index (χ0) is 19.5. The van der Waals surface area contributed by atoms with Crippen LogP contribution in [0.25, 0.3) is 0 Å². The quantitative estimate of drug-likeness (QED) is 0.815. The van der Waals surface area contributed by atoms with Crippen LogP contribution in [0, 0.1) is 12.8 Å². The first kappa shape index (κ1) is 20.0. The Labute approximate surface area is 151 Å². The SMILES string of the molecule is Cc1cccnc1C(NC(=O)OC(C)(C)C)C1C=CC(C(F)(F)F)=CC1. The molecule has 1 aliphatic carbocycles. The van der Waals surface area contributed by atoms with Crippen LogP contribution in [0.4, 0.5) is 18.0 Å². The fraction of sp³-hybridized carbons (Fsp3) is 0.474. The Hall–Kier alpha value is -2.31. The molecule has 0 radical (unpaired) electrons. The third-order valence-electron chi connectivity index (χ3n) is 3.91. The Kier molecular flexibility index (Phi) is 5.78. The molecule has 26 heavy (non-hydrogen) atoms. The molecule has 0 saturated carbocycles. The molecule has 7 heteroatoms. The van der Waals surface area contributed by atoms with Gasteiger partial charge in [0.25, 0.3) is 0 Å². The Bertz CT molecular complexity index is 718. The van der Waals surface area contributed by atoms with Gasteiger partial charge in [0.2, 0.25) is 0 Å². The van der Waals surface area contributed by atoms with Gasteiger partial charge in [-0.25, -0.2) is 4.79 Å². The van der Waals surface area contributed by atoms with Crippen molar-refractivity contribution in [2.24, 2.45) is 5.92 Å². The average molecular weight is 368 g/mol. The highest BCUT2D eigenvalue weighted by Gasteiger charge is 2.35. The second kappa shape index (κ2) is 7.51. The van der Waals surface area contributed by atoms with Crippen LogP contribution >= 0.6 is 0 Å². The molecular weight excluding hydrogens is 345 g/mol. The predicted molar refractivity (Wildman–Crippen MR) is 92.5 cm³/mol. The second-order valence-electron chi connectivity index (χ2n) is 7.25. The van der Waals surface area contributed by atoms with E-state index >= 15 is 0 Å². The van der Waals surface area contributed by atoms with E-state index in [0.29, 0.717) is 5.69 Å². The van der Waals surface area contributed by atoms with E-state index in [9.17, 15) is 18.0 Å². The van der Waals surface area contributed by atoms with Crippen molar-refractivity contribution in [1.29, 1.82) is 0 Å². The minimum absolute atomic E-state index is 0.141. The first-order valence-corrected chi connectivity index (χ1v) is 8.34. The van der Waals surface area contributed by atoms with E-state index in [-0.39, 0.29) is 12.3 Å². The molecular formula is C19H23F3N2O2. The van der Waals surface area contributed by atoms with Gasteiger partial charge in [-0.1, -0.05) is 24.3 Å². The highest BCUT2D eigenvalue weighted by atomic mass is 19.4. The summed E-state index contributed by atoms with van der Waals surface area (Å²) >= 11 is 0. The largest absolute Gasteiger partial charge is 0.444 e. The zero-order valence-electron chi connectivity index (χ0n) is 15.2. The smallest absolute Gasteiger partial charge is 0.416 e. The van der Waals surface area contributed by atoms with Gasteiger partial charge in [0, 0.05) is 12.1 Å². The highest BCUT2D eigenvalue weighted by Crippen LogP contribution is 2.35. The van der Waals surface area contributed by atoms with Gasteiger partial charge >= 0.3 is 12.3 Å². The monoisotopic (exact) mass is 368 g/mol. The topological polar surface area (TPSA) is 51.2 Å². The van der Waals surface area contributed by atoms with Crippen LogP contribution in [0.3, 0.4) is 0 Å². The molecule has 0 spiro atoms. The number of alkyl halides is 3. The van der Waals surface area contributed by atoms with Crippen LogP contribution in [0.5, 0.6) is 0 Å². The third kappa shape index (κ3) is 5.34. The Morgan fingerprint density at radius 1 is 1.35 bits per heavy atom. The maximum atomic E-state index is 12.8. The molecule has 0 fully saturated rings. The molecule has 1 aliphatic rings. The first-order chi connectivity index (χ1) is 12.0. The van der Waals surface area contributed by atoms with Crippen LogP contribution in [0.2, 0.25) is 0 Å². The van der Waals surface area contributed by atoms with Crippen molar-refractivity contribution in [3.8, 4) is 0 Å². The maximum Gasteiger partial charge on any atom is 0.416 e. The summed E-state index contributed by atoms with van der Waals surface area (Å²) in [4.78, 5) is 16.6. The third-order valence-corrected chi connectivity index (χ3v) is 3.91. The standard InChI is InChI=1S/C19H23F3N2O2/c1-12-6-5-11-23-15(12)16(24-17(25)26-18(2,3)4)13-7-9-14(10-8-13)19(20,21)22/h5-7,9-11,13,16H,8H2,1-4H3,(H,24,25). The number of carbonyl (C=O) groups excluding carboxylic acids is 1. The summed E-state index contributed by atoms with van der Waals surface area (Å²) in [5.74, 6) is -0.359. The van der Waals surface area contributed by atoms with E-state index in [4.69, 9.17) is 4.74 Å². The van der Waals surface area contributed by atoms with E-state index in [1.165, 1.54) is 6.08 Å². The van der Waals surface area contributed by atoms with Crippen LogP contribution < -0.4 is 5.32 Å². The second-order valence-corrected chi connectivity index (χ2v) is 7.25. The lowest BCUT2D eigenvalue weighted by atomic mass is 9.87. The fourth-order valence-corrected chi connectivity index (χ4v) is 2.73. The molecule has 2 unspecified atom stereocenters. The number of alkyl carbamates (subject to hydrolysis) is 1. The molecule has 0 aliphatic heterocycles. The van der Waals surface area contributed by atoms with E-state index < -0.39 is 29.5 Å². The number of aromatic nitrogens is 1. The Morgan fingerprint density at radius 3 is 2.54 bits per heavy atom. The lowest BCUT2D eigenvalue weighted by molar-refractivity contribution is -0.0888. The van der Waals surface area contributed by atoms with Crippen molar-refractivity contribution in [2.45, 2.75) is 51.9 Å². The van der Waals surface area contributed by atoms with E-state index in [1.54, 1.807) is 33.0 Å². The molecule has 0 aromatic carbocycles. The summed E-state index contributed by atoms with van der Waals surface area (Å²) in [6.07, 6.45) is 0.391. The molecule has 4 nitrogen and oxygen atoms in total. The number of rotatable bonds is 3. The first-order valence-electron chi connectivity index (χ1n) is 8.34. The van der Waals surface area contributed by atoms with Crippen molar-refractivity contribution < 1.29 is 22.7 Å². The fourth-order valence-electron chi connectivity index (χ4n) is 2.73. The van der Waals surface area contributed by atoms with Crippen LogP contribution in [-0.4, -0.2) is 22.9 Å². The maximum absolute atomic E-state index is 12.8. The molecule has 1 aromatic heterocycles. The number of allylic oxidation sites excluding steroid dienone is 3. The molecule has 1 heterocycles. The van der Waals surface area contributed by atoms with E-state index in [2.05, 4.69) is 10.3 Å². The van der Waals surface area contributed by atoms with Crippen LogP contribution in [-0.2, 0) is 4.74 Å². The summed E-state index contributed by atoms with van der Waals surface area (Å²) in [5.41, 5.74) is 0.0893. The lowest BCUT2D eigenvalue weighted by Gasteiger charge is -2.29. The molecule has 1 aromatic rings. The van der Waals surface area contributed by atoms with Gasteiger partial charge in [0.1, 0.15) is 5.60 Å². The van der Waals surface area contributed by atoms with Gasteiger partial charge in [-0.2, -0.15) is 13.2 Å². The normalized spacial score (nSPS) is 18.9. The summed E-state index contributed by atoms with van der Waals surface area (Å²) < 4.78 is 43.8. The van der Waals surface area contributed by atoms with Crippen molar-refractivity contribution >= 4 is 6.09 Å². The number of aryl methyl sites for hydroxylation is 1. The van der Waals surface area contributed by atoms with Gasteiger partial charge in [-0.05, 0) is 45.7 Å². The number of amides is 1. The van der Waals surface area contributed by atoms with Gasteiger partial charge in [-0.15, -0.1) is 0 Å². The van der Waals surface area contributed by atoms with Gasteiger partial charge in [0.15, 0.2) is 0 Å². The Balaban J connectivity index is 2.26. The van der Waals surface area contributed by atoms with Crippen molar-refractivity contribution in [3.63, 3.8) is 0 Å². The molecule has 2 rings (SSSR count). The molecule has 142 valence electrons. The number of ether oxygens (including phenoxy) is 1. The summed E-state index contributed by atoms with van der Waals surface area (Å²) in [6.45, 7) is 7.07. The van der Waals surface area contributed by atoms with E-state index in [0.717, 1.165) is 17.7 Å². The molecule has 0 bridgehead atoms. The number of nitrogens with zero attached hydrogens (tertiary/aromatic N) is 1. The minimum Gasteiger partial charge on any atom is -0.444 e. The number of hydrogen-bond donors (Lipinski definition) is 1. The summed E-state index contributed by atoms with van der Waals surface area (Å²) in [6, 6.07) is 3.02. The van der Waals surface area contributed by atoms with Crippen molar-refractivity contribution in [2.75, 3.05) is 0 Å². The van der Waals surface area contributed by atoms with Gasteiger partial charge < -0.3 is 10.1 Å². The Morgan fingerprint density at radius 2 is 2.04 bits per heavy atom. The zero-order valence-corrected chi connectivity index (χ0v) is 15.2. The molecule has 1 amide bonds. The van der Waals surface area contributed by atoms with Gasteiger partial charge in [0.05, 0.1) is 17.3 Å². The van der Waals surface area contributed by atoms with Gasteiger partial charge in [-0.3, -0.25) is 4.98 Å². The van der Waals surface area contributed by atoms with Crippen LogP contribution in [0.15, 0.2) is 42.1 Å². The average Bonchev–Trinajstić information content (AvgIpc) is 2.51. The number of nitrogens with one attached hydrogen (secondary N) is 1. The van der Waals surface area contributed by atoms with Crippen molar-refractivity contribution in [3.05, 3.63) is 53.4 Å².